The number of nitrogens with zero attached hydrogens (tertiary/aromatic N) is 1. The van der Waals surface area contributed by atoms with Crippen molar-refractivity contribution in [3.05, 3.63) is 20.8 Å². The molecule has 4 nitrogen and oxygen atoms in total. The summed E-state index contributed by atoms with van der Waals surface area (Å²) in [7, 11) is 0. The fraction of sp³-hybridized carbons (Fsp3) is 0.455. The summed E-state index contributed by atoms with van der Waals surface area (Å²) in [5.41, 5.74) is -0.786. The largest absolute Gasteiger partial charge is 0.345 e. The molecule has 1 fully saturated rings. The molecule has 0 atom stereocenters. The number of thiophene rings is 1. The summed E-state index contributed by atoms with van der Waals surface area (Å²) in [4.78, 5) is 26.3. The number of hydrogen-bond acceptors (Lipinski definition) is 3. The van der Waals surface area contributed by atoms with E-state index in [1.807, 2.05) is 11.4 Å². The molecule has 1 saturated heterocycles. The molecular formula is C11H13BrN2O2S. The van der Waals surface area contributed by atoms with Crippen LogP contribution in [0, 0.1) is 0 Å². The van der Waals surface area contributed by atoms with Crippen LogP contribution in [-0.4, -0.2) is 28.8 Å². The van der Waals surface area contributed by atoms with Crippen molar-refractivity contribution in [2.45, 2.75) is 25.9 Å². The third-order valence-corrected chi connectivity index (χ3v) is 4.55. The first kappa shape index (κ1) is 12.6. The molecule has 1 aliphatic heterocycles. The van der Waals surface area contributed by atoms with E-state index < -0.39 is 5.54 Å². The molecule has 0 spiro atoms. The van der Waals surface area contributed by atoms with Crippen LogP contribution in [0.2, 0.25) is 0 Å². The molecule has 0 unspecified atom stereocenters. The number of halogens is 1. The first-order chi connectivity index (χ1) is 7.91. The molecule has 0 aromatic carbocycles. The van der Waals surface area contributed by atoms with Gasteiger partial charge in [-0.3, -0.25) is 9.59 Å². The highest BCUT2D eigenvalue weighted by Gasteiger charge is 2.41. The average Bonchev–Trinajstić information content (AvgIpc) is 2.66. The quantitative estimate of drug-likeness (QED) is 0.903. The lowest BCUT2D eigenvalue weighted by atomic mass is 9.98. The van der Waals surface area contributed by atoms with E-state index in [0.29, 0.717) is 6.54 Å². The zero-order valence-electron chi connectivity index (χ0n) is 9.62. The van der Waals surface area contributed by atoms with Gasteiger partial charge < -0.3 is 10.2 Å². The molecule has 0 saturated carbocycles. The molecule has 1 aliphatic rings. The molecule has 0 bridgehead atoms. The lowest BCUT2D eigenvalue weighted by Gasteiger charge is -2.40. The standard InChI is InChI=1S/C11H13BrN2O2S/c1-11(2)10(16)13-4-9(15)14(11)5-8-3-7(12)6-17-8/h3,6H,4-5H2,1-2H3,(H,13,16). The van der Waals surface area contributed by atoms with Gasteiger partial charge in [-0.15, -0.1) is 11.3 Å². The van der Waals surface area contributed by atoms with E-state index in [4.69, 9.17) is 0 Å². The van der Waals surface area contributed by atoms with Gasteiger partial charge in [0.15, 0.2) is 0 Å². The lowest BCUT2D eigenvalue weighted by molar-refractivity contribution is -0.152. The Labute approximate surface area is 112 Å². The molecule has 2 rings (SSSR count). The molecular weight excluding hydrogens is 304 g/mol. The Morgan fingerprint density at radius 3 is 2.82 bits per heavy atom. The van der Waals surface area contributed by atoms with Gasteiger partial charge in [-0.1, -0.05) is 0 Å². The van der Waals surface area contributed by atoms with Gasteiger partial charge in [-0.25, -0.2) is 0 Å². The predicted molar refractivity (Wildman–Crippen MR) is 69.7 cm³/mol. The normalized spacial score (nSPS) is 19.4. The zero-order valence-corrected chi connectivity index (χ0v) is 12.0. The van der Waals surface area contributed by atoms with Gasteiger partial charge in [0.1, 0.15) is 5.54 Å². The summed E-state index contributed by atoms with van der Waals surface area (Å²) in [6.45, 7) is 4.11. The number of rotatable bonds is 2. The van der Waals surface area contributed by atoms with Crippen molar-refractivity contribution in [3.63, 3.8) is 0 Å². The molecule has 1 aromatic heterocycles. The van der Waals surface area contributed by atoms with Crippen LogP contribution in [0.3, 0.4) is 0 Å². The van der Waals surface area contributed by atoms with Crippen LogP contribution in [0.5, 0.6) is 0 Å². The lowest BCUT2D eigenvalue weighted by Crippen LogP contribution is -2.63. The van der Waals surface area contributed by atoms with Gasteiger partial charge in [-0.05, 0) is 35.8 Å². The average molecular weight is 317 g/mol. The van der Waals surface area contributed by atoms with Gasteiger partial charge >= 0.3 is 0 Å². The Bertz CT molecular complexity index is 470. The monoisotopic (exact) mass is 316 g/mol. The number of hydrogen-bond donors (Lipinski definition) is 1. The first-order valence-electron chi connectivity index (χ1n) is 5.23. The van der Waals surface area contributed by atoms with Crippen LogP contribution < -0.4 is 5.32 Å². The Balaban J connectivity index is 2.22. The van der Waals surface area contributed by atoms with Gasteiger partial charge in [0.2, 0.25) is 11.8 Å². The fourth-order valence-electron chi connectivity index (χ4n) is 1.78. The molecule has 6 heteroatoms. The molecule has 2 heterocycles. The van der Waals surface area contributed by atoms with E-state index in [2.05, 4.69) is 21.2 Å². The van der Waals surface area contributed by atoms with E-state index in [-0.39, 0.29) is 18.4 Å². The smallest absolute Gasteiger partial charge is 0.245 e. The van der Waals surface area contributed by atoms with Crippen LogP contribution in [0.25, 0.3) is 0 Å². The molecule has 17 heavy (non-hydrogen) atoms. The summed E-state index contributed by atoms with van der Waals surface area (Å²) in [5.74, 6) is -0.146. The highest BCUT2D eigenvalue weighted by Crippen LogP contribution is 2.26. The summed E-state index contributed by atoms with van der Waals surface area (Å²) in [6.07, 6.45) is 0. The van der Waals surface area contributed by atoms with Gasteiger partial charge in [0.25, 0.3) is 0 Å². The van der Waals surface area contributed by atoms with Crippen molar-refractivity contribution in [2.75, 3.05) is 6.54 Å². The van der Waals surface area contributed by atoms with Crippen molar-refractivity contribution in [3.8, 4) is 0 Å². The highest BCUT2D eigenvalue weighted by molar-refractivity contribution is 9.10. The van der Waals surface area contributed by atoms with Crippen LogP contribution in [-0.2, 0) is 16.1 Å². The minimum atomic E-state index is -0.786. The molecule has 0 radical (unpaired) electrons. The molecule has 92 valence electrons. The minimum Gasteiger partial charge on any atom is -0.345 e. The van der Waals surface area contributed by atoms with Gasteiger partial charge in [0, 0.05) is 14.7 Å². The third kappa shape index (κ3) is 2.37. The Hall–Kier alpha value is -0.880. The number of carbonyl (C=O) groups excluding carboxylic acids is 2. The van der Waals surface area contributed by atoms with Crippen molar-refractivity contribution in [1.29, 1.82) is 0 Å². The van der Waals surface area contributed by atoms with E-state index in [0.717, 1.165) is 9.35 Å². The Morgan fingerprint density at radius 2 is 2.24 bits per heavy atom. The van der Waals surface area contributed by atoms with Gasteiger partial charge in [-0.2, -0.15) is 0 Å². The second-order valence-corrected chi connectivity index (χ2v) is 6.36. The SMILES string of the molecule is CC1(C)C(=O)NCC(=O)N1Cc1cc(Br)cs1. The summed E-state index contributed by atoms with van der Waals surface area (Å²) in [5, 5.41) is 4.58. The summed E-state index contributed by atoms with van der Waals surface area (Å²) >= 11 is 4.95. The van der Waals surface area contributed by atoms with Crippen LogP contribution >= 0.6 is 27.3 Å². The number of amides is 2. The number of piperazine rings is 1. The second kappa shape index (κ2) is 4.42. The highest BCUT2D eigenvalue weighted by atomic mass is 79.9. The molecule has 0 aliphatic carbocycles. The molecule has 1 N–H and O–H groups in total. The summed E-state index contributed by atoms with van der Waals surface area (Å²) < 4.78 is 1.00. The van der Waals surface area contributed by atoms with Crippen LogP contribution in [0.1, 0.15) is 18.7 Å². The maximum Gasteiger partial charge on any atom is 0.245 e. The van der Waals surface area contributed by atoms with Crippen LogP contribution in [0.15, 0.2) is 15.9 Å². The first-order valence-corrected chi connectivity index (χ1v) is 6.90. The van der Waals surface area contributed by atoms with Crippen molar-refractivity contribution in [2.24, 2.45) is 0 Å². The Kier molecular flexibility index (Phi) is 3.27. The zero-order chi connectivity index (χ0) is 12.6. The number of nitrogens with one attached hydrogen (secondary N) is 1. The van der Waals surface area contributed by atoms with E-state index >= 15 is 0 Å². The molecule has 1 aromatic rings. The van der Waals surface area contributed by atoms with E-state index in [9.17, 15) is 9.59 Å². The fourth-order valence-corrected chi connectivity index (χ4v) is 3.22. The predicted octanol–water partition coefficient (Wildman–Crippen LogP) is 1.75. The van der Waals surface area contributed by atoms with E-state index in [1.165, 1.54) is 0 Å². The topological polar surface area (TPSA) is 49.4 Å². The van der Waals surface area contributed by atoms with Crippen molar-refractivity contribution in [1.82, 2.24) is 10.2 Å². The third-order valence-electron chi connectivity index (χ3n) is 2.87. The second-order valence-electron chi connectivity index (χ2n) is 4.45. The maximum atomic E-state index is 11.9. The van der Waals surface area contributed by atoms with E-state index in [1.54, 1.807) is 30.1 Å². The van der Waals surface area contributed by atoms with Gasteiger partial charge in [0.05, 0.1) is 13.1 Å². The van der Waals surface area contributed by atoms with Crippen molar-refractivity contribution >= 4 is 39.1 Å². The maximum absolute atomic E-state index is 11.9. The minimum absolute atomic E-state index is 0.0425. The summed E-state index contributed by atoms with van der Waals surface area (Å²) in [6, 6.07) is 1.97. The molecule has 2 amide bonds. The van der Waals surface area contributed by atoms with Crippen LogP contribution in [0.4, 0.5) is 0 Å². The Morgan fingerprint density at radius 1 is 1.53 bits per heavy atom. The number of carbonyl (C=O) groups is 2. The van der Waals surface area contributed by atoms with Crippen molar-refractivity contribution < 1.29 is 9.59 Å².